The van der Waals surface area contributed by atoms with E-state index >= 15 is 0 Å². The van der Waals surface area contributed by atoms with E-state index in [9.17, 15) is 22.8 Å². The van der Waals surface area contributed by atoms with E-state index in [-0.39, 0.29) is 33.5 Å². The smallest absolute Gasteiger partial charge is 0.308 e. The lowest BCUT2D eigenvalue weighted by Gasteiger charge is -2.06. The Morgan fingerprint density at radius 1 is 0.391 bits per heavy atom. The Kier molecular flexibility index (Phi) is 45.7. The first-order valence-corrected chi connectivity index (χ1v) is 50.2. The fraction of sp³-hybridized carbons (Fsp3) is 0.274. The average Bonchev–Trinajstić information content (AvgIpc) is 1.66. The van der Waals surface area contributed by atoms with Gasteiger partial charge in [-0.15, -0.1) is 40.8 Å². The molecule has 138 heavy (non-hydrogen) atoms. The lowest BCUT2D eigenvalue weighted by molar-refractivity contribution is -0.120. The van der Waals surface area contributed by atoms with E-state index in [4.69, 9.17) is 80.0 Å². The van der Waals surface area contributed by atoms with Gasteiger partial charge in [0.05, 0.1) is 85.9 Å². The van der Waals surface area contributed by atoms with Gasteiger partial charge < -0.3 is 50.6 Å². The van der Waals surface area contributed by atoms with Gasteiger partial charge in [-0.05, 0) is 208 Å². The molecule has 15 aromatic rings. The summed E-state index contributed by atoms with van der Waals surface area (Å²) in [4.78, 5) is 57.3. The predicted octanol–water partition coefficient (Wildman–Crippen LogP) is 22.6. The molecule has 6 aromatic carbocycles. The quantitative estimate of drug-likeness (QED) is 0.0112. The third kappa shape index (κ3) is 39.2. The predicted molar refractivity (Wildman–Crippen MR) is 526 cm³/mol. The number of aryl methyl sites for hydroxylation is 1. The monoisotopic (exact) mass is 2060 g/mol. The van der Waals surface area contributed by atoms with Crippen LogP contribution in [-0.4, -0.2) is 156 Å². The zero-order chi connectivity index (χ0) is 96.9. The van der Waals surface area contributed by atoms with E-state index in [1.807, 2.05) is 183 Å². The van der Waals surface area contributed by atoms with Crippen molar-refractivity contribution in [1.82, 2.24) is 70.9 Å². The number of thioether (sulfide) groups is 3. The molecule has 9 heterocycles. The van der Waals surface area contributed by atoms with Crippen LogP contribution in [0.5, 0.6) is 17.2 Å². The highest BCUT2D eigenvalue weighted by Gasteiger charge is 2.20. The summed E-state index contributed by atoms with van der Waals surface area (Å²) in [6.07, 6.45) is 12.3. The maximum Gasteiger partial charge on any atom is 0.308 e. The second kappa shape index (κ2) is 59.9. The van der Waals surface area contributed by atoms with Crippen LogP contribution < -0.4 is 14.2 Å². The molecule has 9 aromatic heterocycles. The summed E-state index contributed by atoms with van der Waals surface area (Å²) >= 11 is 19.5. The van der Waals surface area contributed by atoms with Gasteiger partial charge in [0.15, 0.2) is 0 Å². The molecule has 0 fully saturated rings. The highest BCUT2D eigenvalue weighted by atomic mass is 79.9. The normalized spacial score (nSPS) is 11.1. The fourth-order valence-corrected chi connectivity index (χ4v) is 15.9. The number of benzene rings is 6. The molecule has 0 aliphatic heterocycles. The van der Waals surface area contributed by atoms with Crippen LogP contribution in [0.25, 0.3) is 78.2 Å². The maximum absolute atomic E-state index is 12.6. The van der Waals surface area contributed by atoms with E-state index < -0.39 is 21.6 Å². The van der Waals surface area contributed by atoms with Crippen LogP contribution >= 0.6 is 74.4 Å². The SMILES string of the molecule is Brc1ccc(-c2nnc(SCc3ccccn3)o2)cc1.CC(=O)CCCOc1ccc(CSc2nnc(-c3ccc(Cl)cc3)o2)nc1.Cc1ccc(-c2nnc(S(=O)Cc3ccc(OCCCC(=O)CCCOCCN=[N+]=[N-])cn3)o2)cc1.O=S(Cc1ccccc1)c1nnc(-c2ccccc2)o1.[N-]=[N+]=NCCOCCCC(=O)CCCOc1ccc(CSc2nnc(-c3ccc(Cl)cc3)o2)nc1. The number of hydrogen-bond donors (Lipinski definition) is 0. The number of rotatable bonds is 49. The summed E-state index contributed by atoms with van der Waals surface area (Å²) in [5.74, 6) is 6.96. The van der Waals surface area contributed by atoms with E-state index in [1.54, 1.807) is 68.1 Å². The lowest BCUT2D eigenvalue weighted by atomic mass is 10.1. The number of ketones is 3. The Hall–Kier alpha value is -13.0. The summed E-state index contributed by atoms with van der Waals surface area (Å²) in [6, 6.07) is 65.7. The zero-order valence-corrected chi connectivity index (χ0v) is 81.9. The van der Waals surface area contributed by atoms with E-state index in [0.717, 1.165) is 60.5 Å². The standard InChI is InChI=1S/C24H28N6O5S.C23H25ClN6O4S.C19H18ClN3O3S.C15H12N2O2S.C14H10BrN3OS/c1-18-6-8-19(9-7-18)23-28-29-24(35-23)36(32)17-20-10-11-22(16-26-20)34-14-3-5-21(31)4-2-13-33-15-12-27-30-25;24-18-7-5-17(6-8-18)22-28-29-23(34-22)35-16-19-9-10-21(15-26-19)33-13-2-4-20(31)3-1-12-32-14-11-27-30-25;1-13(24)3-2-10-25-17-9-8-16(21-11-17)12-27-19-23-22-18(26-19)14-4-6-15(20)7-5-14;18-20(11-12-7-3-1-4-8-12)15-17-16-14(19-15)13-9-5-2-6-10-13;15-11-6-4-10(5-7-11)13-17-18-14(19-13)20-9-12-3-1-2-8-16-12/h6-11,16H,2-5,12-15,17H2,1H3;5-10,15H,1-4,11-14,16H2;4-9,11H,2-3,10,12H2,1H3;1-10H,11H2;1-8H,9H2. The molecular formula is C95H93BrCl2N20O15S5. The second-order valence-corrected chi connectivity index (χ2v) is 36.4. The Labute approximate surface area is 830 Å². The van der Waals surface area contributed by atoms with E-state index in [2.05, 4.69) is 107 Å². The van der Waals surface area contributed by atoms with Crippen molar-refractivity contribution < 1.29 is 68.6 Å². The van der Waals surface area contributed by atoms with Crippen molar-refractivity contribution in [3.8, 4) is 74.5 Å². The Bertz CT molecular complexity index is 6320. The second-order valence-electron chi connectivity index (χ2n) is 29.2. The van der Waals surface area contributed by atoms with Gasteiger partial charge in [-0.1, -0.05) is 167 Å². The van der Waals surface area contributed by atoms with Crippen molar-refractivity contribution in [3.05, 3.63) is 306 Å². The number of pyridine rings is 4. The largest absolute Gasteiger partial charge is 0.492 e. The molecule has 0 bridgehead atoms. The molecule has 15 rings (SSSR count). The number of Topliss-reactive ketones (excluding diaryl/α,β-unsaturated/α-hetero) is 3. The molecule has 2 unspecified atom stereocenters. The highest BCUT2D eigenvalue weighted by Crippen LogP contribution is 2.32. The van der Waals surface area contributed by atoms with Gasteiger partial charge in [-0.25, -0.2) is 8.42 Å². The van der Waals surface area contributed by atoms with Gasteiger partial charge in [-0.2, -0.15) is 0 Å². The van der Waals surface area contributed by atoms with Gasteiger partial charge in [0.25, 0.3) is 15.7 Å². The Balaban J connectivity index is 0.000000168. The molecule has 0 amide bonds. The van der Waals surface area contributed by atoms with Gasteiger partial charge in [0, 0.05) is 134 Å². The molecule has 0 spiro atoms. The van der Waals surface area contributed by atoms with Crippen LogP contribution in [0.4, 0.5) is 0 Å². The van der Waals surface area contributed by atoms with Crippen molar-refractivity contribution in [1.29, 1.82) is 0 Å². The first-order valence-electron chi connectivity index (χ1n) is 43.0. The summed E-state index contributed by atoms with van der Waals surface area (Å²) in [7, 11) is -2.85. The molecule has 0 radical (unpaired) electrons. The Morgan fingerprint density at radius 3 is 1.16 bits per heavy atom. The Morgan fingerprint density at radius 2 is 0.754 bits per heavy atom. The van der Waals surface area contributed by atoms with Crippen molar-refractivity contribution >= 4 is 113 Å². The fourth-order valence-electron chi connectivity index (χ4n) is 11.6. The van der Waals surface area contributed by atoms with Crippen molar-refractivity contribution in [3.63, 3.8) is 0 Å². The van der Waals surface area contributed by atoms with Crippen LogP contribution in [0.1, 0.15) is 105 Å². The lowest BCUT2D eigenvalue weighted by Crippen LogP contribution is -2.06. The minimum Gasteiger partial charge on any atom is -0.492 e. The minimum absolute atomic E-state index is 0.0529. The van der Waals surface area contributed by atoms with Crippen LogP contribution in [0, 0.1) is 6.92 Å². The number of azide groups is 2. The van der Waals surface area contributed by atoms with E-state index in [1.165, 1.54) is 35.3 Å². The maximum atomic E-state index is 12.6. The number of nitrogens with zero attached hydrogens (tertiary/aromatic N) is 20. The first kappa shape index (κ1) is 105. The average molecular weight is 2070 g/mol. The van der Waals surface area contributed by atoms with Crippen LogP contribution in [0.2, 0.25) is 10.0 Å². The molecule has 0 saturated carbocycles. The number of hydrogen-bond acceptors (Lipinski definition) is 34. The van der Waals surface area contributed by atoms with Gasteiger partial charge in [0.2, 0.25) is 29.5 Å². The molecule has 2 atom stereocenters. The summed E-state index contributed by atoms with van der Waals surface area (Å²) in [6.45, 7) is 7.19. The molecule has 43 heteroatoms. The number of carbonyl (C=O) groups is 3. The molecule has 0 N–H and O–H groups in total. The number of carbonyl (C=O) groups excluding carboxylic acids is 3. The van der Waals surface area contributed by atoms with Crippen LogP contribution in [0.15, 0.2) is 300 Å². The molecular weight excluding hydrogens is 1970 g/mol. The van der Waals surface area contributed by atoms with Gasteiger partial charge in [0.1, 0.15) is 56.2 Å². The molecule has 0 aliphatic rings. The molecule has 0 aliphatic carbocycles. The molecule has 35 nitrogen and oxygen atoms in total. The topological polar surface area (TPSA) is 475 Å². The summed E-state index contributed by atoms with van der Waals surface area (Å²) < 4.78 is 81.3. The van der Waals surface area contributed by atoms with Gasteiger partial charge in [-0.3, -0.25) is 29.5 Å². The zero-order valence-electron chi connectivity index (χ0n) is 74.7. The number of ether oxygens (including phenoxy) is 5. The first-order chi connectivity index (χ1) is 67.4. The third-order valence-electron chi connectivity index (χ3n) is 18.5. The summed E-state index contributed by atoms with van der Waals surface area (Å²) in [5, 5.41) is 49.8. The van der Waals surface area contributed by atoms with Crippen molar-refractivity contribution in [2.24, 2.45) is 10.2 Å². The molecule has 0 saturated heterocycles. The van der Waals surface area contributed by atoms with Crippen molar-refractivity contribution in [2.45, 2.75) is 133 Å². The number of halogens is 3. The molecule has 714 valence electrons. The van der Waals surface area contributed by atoms with Crippen molar-refractivity contribution in [2.75, 3.05) is 59.3 Å². The third-order valence-corrected chi connectivity index (χ3v) is 24.4. The highest BCUT2D eigenvalue weighted by molar-refractivity contribution is 9.10. The minimum atomic E-state index is -1.53. The van der Waals surface area contributed by atoms with Crippen LogP contribution in [0.3, 0.4) is 0 Å². The van der Waals surface area contributed by atoms with Crippen LogP contribution in [-0.2, 0) is 74.2 Å². The van der Waals surface area contributed by atoms with E-state index in [0.29, 0.717) is 225 Å². The summed E-state index contributed by atoms with van der Waals surface area (Å²) in [5.41, 5.74) is 25.9. The van der Waals surface area contributed by atoms with Gasteiger partial charge >= 0.3 is 10.4 Å². The number of aromatic nitrogens is 14.